The zero-order valence-corrected chi connectivity index (χ0v) is 29.4. The minimum atomic E-state index is -3.98. The van der Waals surface area contributed by atoms with E-state index in [1.807, 2.05) is 64.1 Å². The van der Waals surface area contributed by atoms with Gasteiger partial charge in [0.2, 0.25) is 11.8 Å². The first-order valence-electron chi connectivity index (χ1n) is 16.8. The molecular weight excluding hydrogens is 612 g/mol. The first kappa shape index (κ1) is 33.2. The highest BCUT2D eigenvalue weighted by Gasteiger charge is 2.56. The van der Waals surface area contributed by atoms with Crippen LogP contribution in [0.1, 0.15) is 89.3 Å². The van der Waals surface area contributed by atoms with E-state index in [4.69, 9.17) is 9.47 Å². The van der Waals surface area contributed by atoms with Crippen molar-refractivity contribution in [3.63, 3.8) is 0 Å². The van der Waals surface area contributed by atoms with Crippen molar-refractivity contribution in [1.82, 2.24) is 15.3 Å². The number of aromatic nitrogens is 2. The third-order valence-electron chi connectivity index (χ3n) is 9.97. The van der Waals surface area contributed by atoms with E-state index in [2.05, 4.69) is 46.8 Å². The van der Waals surface area contributed by atoms with E-state index in [0.717, 1.165) is 54.4 Å². The summed E-state index contributed by atoms with van der Waals surface area (Å²) in [5.41, 5.74) is 4.84. The molecule has 2 N–H and O–H groups in total. The van der Waals surface area contributed by atoms with Gasteiger partial charge in [-0.2, -0.15) is 4.98 Å². The second kappa shape index (κ2) is 12.4. The molecule has 1 spiro atoms. The molecule has 2 aliphatic carbocycles. The molecule has 0 radical (unpaired) electrons. The number of carbonyl (C=O) groups excluding carboxylic acids is 1. The van der Waals surface area contributed by atoms with Gasteiger partial charge in [0.15, 0.2) is 0 Å². The molecule has 1 unspecified atom stereocenters. The van der Waals surface area contributed by atoms with Crippen LogP contribution in [0, 0.1) is 36.5 Å². The van der Waals surface area contributed by atoms with Crippen LogP contribution in [-0.4, -0.2) is 43.2 Å². The van der Waals surface area contributed by atoms with Crippen LogP contribution >= 0.6 is 0 Å². The Morgan fingerprint density at radius 2 is 1.72 bits per heavy atom. The monoisotopic (exact) mass is 660 g/mol. The van der Waals surface area contributed by atoms with E-state index in [1.165, 1.54) is 0 Å². The molecule has 2 fully saturated rings. The molecule has 47 heavy (non-hydrogen) atoms. The third kappa shape index (κ3) is 7.27. The number of rotatable bonds is 5. The van der Waals surface area contributed by atoms with Crippen molar-refractivity contribution in [2.75, 3.05) is 11.3 Å². The van der Waals surface area contributed by atoms with Crippen LogP contribution in [0.15, 0.2) is 53.4 Å². The van der Waals surface area contributed by atoms with Crippen LogP contribution in [0.3, 0.4) is 0 Å². The summed E-state index contributed by atoms with van der Waals surface area (Å²) in [6, 6.07) is 15.4. The van der Waals surface area contributed by atoms with E-state index < -0.39 is 10.0 Å². The molecule has 4 bridgehead atoms. The molecule has 1 aliphatic heterocycles. The number of nitrogens with one attached hydrogen (secondary N) is 2. The number of hydrogen-bond donors (Lipinski definition) is 2. The molecule has 2 saturated carbocycles. The number of alkyl carbamates (subject to hydrolysis) is 1. The Balaban J connectivity index is 1.34. The summed E-state index contributed by atoms with van der Waals surface area (Å²) in [6.07, 6.45) is 4.32. The third-order valence-corrected chi connectivity index (χ3v) is 11.3. The lowest BCUT2D eigenvalue weighted by Gasteiger charge is -2.60. The Morgan fingerprint density at radius 3 is 2.38 bits per heavy atom. The average molecular weight is 661 g/mol. The molecule has 2 heterocycles. The van der Waals surface area contributed by atoms with Crippen molar-refractivity contribution in [3.05, 3.63) is 65.2 Å². The van der Waals surface area contributed by atoms with Crippen molar-refractivity contribution in [1.29, 1.82) is 0 Å². The number of anilines is 1. The molecule has 252 valence electrons. The fourth-order valence-corrected chi connectivity index (χ4v) is 9.30. The number of amides is 1. The van der Waals surface area contributed by atoms with Crippen LogP contribution in [-0.2, 0) is 14.8 Å². The van der Waals surface area contributed by atoms with Gasteiger partial charge in [-0.1, -0.05) is 51.1 Å². The van der Waals surface area contributed by atoms with Crippen molar-refractivity contribution < 1.29 is 22.7 Å². The zero-order valence-electron chi connectivity index (χ0n) is 28.6. The number of ether oxygens (including phenoxy) is 2. The highest BCUT2D eigenvalue weighted by atomic mass is 32.2. The summed E-state index contributed by atoms with van der Waals surface area (Å²) in [7, 11) is -3.98. The summed E-state index contributed by atoms with van der Waals surface area (Å²) < 4.78 is 42.1. The zero-order chi connectivity index (χ0) is 33.7. The number of benzene rings is 2. The van der Waals surface area contributed by atoms with Gasteiger partial charge in [0, 0.05) is 23.6 Å². The van der Waals surface area contributed by atoms with Crippen LogP contribution in [0.4, 0.5) is 10.7 Å². The van der Waals surface area contributed by atoms with Gasteiger partial charge in [0.25, 0.3) is 10.0 Å². The average Bonchev–Trinajstić information content (AvgIpc) is 2.91. The fourth-order valence-electron chi connectivity index (χ4n) is 8.30. The standard InChI is InChI=1S/C37H48N4O5S/c1-22(2)46-35(42)38-28-19-37(20-28)17-26(18-37)33-25-12-9-13-29(14-25)47(43,44)41-34-39-30(32-23(3)10-8-11-24(32)4)15-31(40-34)45-21-27(33)16-36(5,6)7/h8-15,22,26-28,33H,16-21H2,1-7H3,(H,38,42)(H,39,40,41)/t26?,27-,28?,33?,37?/m1/s1. The molecular formula is C37H48N4O5S. The molecule has 6 rings (SSSR count). The van der Waals surface area contributed by atoms with Gasteiger partial charge in [-0.05, 0) is 111 Å². The number of nitrogens with zero attached hydrogens (tertiary/aromatic N) is 2. The minimum absolute atomic E-state index is 0.0124. The summed E-state index contributed by atoms with van der Waals surface area (Å²) in [4.78, 5) is 21.6. The maximum absolute atomic E-state index is 13.8. The molecule has 1 amide bonds. The van der Waals surface area contributed by atoms with Crippen LogP contribution in [0.5, 0.6) is 5.88 Å². The number of fused-ring (bicyclic) bond motifs is 4. The Morgan fingerprint density at radius 1 is 1.04 bits per heavy atom. The van der Waals surface area contributed by atoms with Gasteiger partial charge in [0.05, 0.1) is 23.3 Å². The maximum atomic E-state index is 13.8. The SMILES string of the molecule is Cc1cccc(C)c1-c1cc2nc(n1)NS(=O)(=O)c1cccc(c1)C(C1CC3(CC(NC(=O)OC(C)C)C3)C1)[C@H](CC(C)(C)C)CO2. The van der Waals surface area contributed by atoms with Crippen LogP contribution < -0.4 is 14.8 Å². The van der Waals surface area contributed by atoms with Crippen molar-refractivity contribution in [2.24, 2.45) is 22.7 Å². The van der Waals surface area contributed by atoms with Crippen LogP contribution in [0.2, 0.25) is 0 Å². The highest BCUT2D eigenvalue weighted by Crippen LogP contribution is 2.63. The minimum Gasteiger partial charge on any atom is -0.477 e. The van der Waals surface area contributed by atoms with Gasteiger partial charge in [-0.15, -0.1) is 0 Å². The van der Waals surface area contributed by atoms with Gasteiger partial charge < -0.3 is 14.8 Å². The molecule has 0 saturated heterocycles. The summed E-state index contributed by atoms with van der Waals surface area (Å²) in [5.74, 6) is 0.894. The highest BCUT2D eigenvalue weighted by molar-refractivity contribution is 7.92. The van der Waals surface area contributed by atoms with Crippen molar-refractivity contribution in [3.8, 4) is 17.1 Å². The van der Waals surface area contributed by atoms with Gasteiger partial charge in [-0.3, -0.25) is 0 Å². The number of sulfonamides is 1. The largest absolute Gasteiger partial charge is 0.477 e. The van der Waals surface area contributed by atoms with E-state index in [9.17, 15) is 13.2 Å². The molecule has 9 nitrogen and oxygen atoms in total. The first-order chi connectivity index (χ1) is 22.1. The van der Waals surface area contributed by atoms with Gasteiger partial charge in [0.1, 0.15) is 0 Å². The Labute approximate surface area is 279 Å². The summed E-state index contributed by atoms with van der Waals surface area (Å²) in [5, 5.41) is 3.03. The Kier molecular flexibility index (Phi) is 8.78. The van der Waals surface area contributed by atoms with Crippen molar-refractivity contribution >= 4 is 22.1 Å². The van der Waals surface area contributed by atoms with E-state index >= 15 is 0 Å². The lowest BCUT2D eigenvalue weighted by molar-refractivity contribution is -0.0696. The quantitative estimate of drug-likeness (QED) is 0.287. The number of carbonyl (C=O) groups is 1. The van der Waals surface area contributed by atoms with Gasteiger partial charge >= 0.3 is 6.09 Å². The topological polar surface area (TPSA) is 120 Å². The molecule has 3 aliphatic rings. The summed E-state index contributed by atoms with van der Waals surface area (Å²) >= 11 is 0. The van der Waals surface area contributed by atoms with E-state index in [-0.39, 0.29) is 51.7 Å². The predicted octanol–water partition coefficient (Wildman–Crippen LogP) is 7.78. The molecule has 1 aromatic heterocycles. The van der Waals surface area contributed by atoms with Crippen LogP contribution in [0.25, 0.3) is 11.3 Å². The van der Waals surface area contributed by atoms with E-state index in [1.54, 1.807) is 6.07 Å². The van der Waals surface area contributed by atoms with Crippen molar-refractivity contribution in [2.45, 2.75) is 104 Å². The lowest BCUT2D eigenvalue weighted by Crippen LogP contribution is -2.57. The second-order valence-electron chi connectivity index (χ2n) is 15.6. The first-order valence-corrected chi connectivity index (χ1v) is 18.3. The smallest absolute Gasteiger partial charge is 0.407 e. The normalized spacial score (nSPS) is 26.5. The number of hydrogen-bond acceptors (Lipinski definition) is 7. The maximum Gasteiger partial charge on any atom is 0.407 e. The number of aryl methyl sites for hydroxylation is 2. The molecule has 2 atom stereocenters. The summed E-state index contributed by atoms with van der Waals surface area (Å²) in [6.45, 7) is 14.9. The Bertz CT molecular complexity index is 1730. The lowest BCUT2D eigenvalue weighted by atomic mass is 9.46. The second-order valence-corrected chi connectivity index (χ2v) is 17.3. The fraction of sp³-hybridized carbons (Fsp3) is 0.541. The van der Waals surface area contributed by atoms with Gasteiger partial charge in [-0.25, -0.2) is 22.9 Å². The predicted molar refractivity (Wildman–Crippen MR) is 183 cm³/mol. The van der Waals surface area contributed by atoms with E-state index in [0.29, 0.717) is 24.1 Å². The Hall–Kier alpha value is -3.66. The molecule has 2 aromatic carbocycles. The molecule has 3 aromatic rings. The molecule has 10 heteroatoms.